The molecule has 7 nitrogen and oxygen atoms in total. The third-order valence-electron chi connectivity index (χ3n) is 6.79. The average Bonchev–Trinajstić information content (AvgIpc) is 3.00. The second-order valence-electron chi connectivity index (χ2n) is 9.80. The minimum Gasteiger partial charge on any atom is -0.507 e. The smallest absolute Gasteiger partial charge is 0.260 e. The molecule has 1 aliphatic heterocycles. The van der Waals surface area contributed by atoms with Crippen molar-refractivity contribution in [2.75, 3.05) is 32.7 Å². The van der Waals surface area contributed by atoms with E-state index in [2.05, 4.69) is 21.2 Å². The van der Waals surface area contributed by atoms with Gasteiger partial charge in [0.25, 0.3) is 11.8 Å². The zero-order valence-corrected chi connectivity index (χ0v) is 25.2. The van der Waals surface area contributed by atoms with Crippen LogP contribution in [0, 0.1) is 5.82 Å². The lowest BCUT2D eigenvalue weighted by atomic mass is 9.98. The van der Waals surface area contributed by atoms with Crippen LogP contribution >= 0.6 is 11.9 Å². The molecule has 1 heterocycles. The molecule has 3 rings (SSSR count). The number of allylic oxidation sites excluding steroid dienone is 4. The summed E-state index contributed by atoms with van der Waals surface area (Å²) in [6.07, 6.45) is 8.39. The molecule has 1 unspecified atom stereocenters. The van der Waals surface area contributed by atoms with E-state index in [1.807, 2.05) is 56.3 Å². The van der Waals surface area contributed by atoms with Gasteiger partial charge in [-0.25, -0.2) is 4.39 Å². The second kappa shape index (κ2) is 16.4. The number of nitrogens with one attached hydrogen (secondary N) is 1. The van der Waals surface area contributed by atoms with E-state index in [0.717, 1.165) is 11.3 Å². The molecule has 0 aliphatic carbocycles. The maximum absolute atomic E-state index is 14.9. The third kappa shape index (κ3) is 9.48. The number of benzene rings is 2. The number of amides is 2. The summed E-state index contributed by atoms with van der Waals surface area (Å²) in [6.45, 7) is 12.1. The van der Waals surface area contributed by atoms with Crippen LogP contribution in [-0.2, 0) is 10.5 Å². The fourth-order valence-corrected chi connectivity index (χ4v) is 5.12. The van der Waals surface area contributed by atoms with Crippen molar-refractivity contribution in [2.45, 2.75) is 32.4 Å². The molecule has 0 bridgehead atoms. The number of hydrogen-bond acceptors (Lipinski definition) is 6. The van der Waals surface area contributed by atoms with E-state index in [4.69, 9.17) is 0 Å². The summed E-state index contributed by atoms with van der Waals surface area (Å²) in [6, 6.07) is 14.4. The number of aliphatic imine (C=N–C) groups is 1. The van der Waals surface area contributed by atoms with Gasteiger partial charge in [-0.1, -0.05) is 56.0 Å². The molecule has 0 radical (unpaired) electrons. The SMILES string of the molecule is C=C(/C=C\C(=C/C)N1CCN(C(=O)c2ccc(C(C)/C=C(/O)C=NCC)c(F)c2)CC1)C(=O)NSCc1ccccc1. The molecule has 9 heteroatoms. The van der Waals surface area contributed by atoms with Gasteiger partial charge in [0, 0.05) is 61.2 Å². The zero-order valence-electron chi connectivity index (χ0n) is 24.4. The molecule has 2 aromatic carbocycles. The predicted molar refractivity (Wildman–Crippen MR) is 170 cm³/mol. The molecule has 2 amide bonds. The predicted octanol–water partition coefficient (Wildman–Crippen LogP) is 6.20. The Hall–Kier alpha value is -4.11. The quantitative estimate of drug-likeness (QED) is 0.101. The summed E-state index contributed by atoms with van der Waals surface area (Å²) in [5.74, 6) is -0.710. The van der Waals surface area contributed by atoms with Gasteiger partial charge in [0.05, 0.1) is 6.21 Å². The van der Waals surface area contributed by atoms with Gasteiger partial charge in [0.1, 0.15) is 11.6 Å². The van der Waals surface area contributed by atoms with Gasteiger partial charge >= 0.3 is 0 Å². The number of rotatable bonds is 12. The van der Waals surface area contributed by atoms with Crippen molar-refractivity contribution < 1.29 is 19.1 Å². The lowest BCUT2D eigenvalue weighted by molar-refractivity contribution is -0.115. The Balaban J connectivity index is 1.51. The van der Waals surface area contributed by atoms with Crippen molar-refractivity contribution in [2.24, 2.45) is 4.99 Å². The van der Waals surface area contributed by atoms with Crippen molar-refractivity contribution in [1.82, 2.24) is 14.5 Å². The van der Waals surface area contributed by atoms with Crippen LogP contribution in [-0.4, -0.2) is 65.7 Å². The first-order chi connectivity index (χ1) is 20.2. The normalized spacial score (nSPS) is 15.3. The number of aliphatic hydroxyl groups excluding tert-OH is 1. The van der Waals surface area contributed by atoms with Crippen LogP contribution in [0.25, 0.3) is 0 Å². The second-order valence-corrected chi connectivity index (χ2v) is 10.6. The number of hydrogen-bond donors (Lipinski definition) is 2. The number of piperazine rings is 1. The molecule has 2 N–H and O–H groups in total. The Morgan fingerprint density at radius 2 is 1.81 bits per heavy atom. The van der Waals surface area contributed by atoms with Gasteiger partial charge in [-0.15, -0.1) is 0 Å². The van der Waals surface area contributed by atoms with Crippen LogP contribution in [0.2, 0.25) is 0 Å². The Kier molecular flexibility index (Phi) is 12.6. The van der Waals surface area contributed by atoms with E-state index in [0.29, 0.717) is 49.6 Å². The monoisotopic (exact) mass is 590 g/mol. The fraction of sp³-hybridized carbons (Fsp3) is 0.303. The molecule has 2 aromatic rings. The highest BCUT2D eigenvalue weighted by Crippen LogP contribution is 2.23. The van der Waals surface area contributed by atoms with Crippen molar-refractivity contribution in [3.63, 3.8) is 0 Å². The molecule has 42 heavy (non-hydrogen) atoms. The minimum absolute atomic E-state index is 0.0254. The van der Waals surface area contributed by atoms with E-state index in [9.17, 15) is 19.1 Å². The van der Waals surface area contributed by atoms with Crippen molar-refractivity contribution >= 4 is 30.0 Å². The summed E-state index contributed by atoms with van der Waals surface area (Å²) in [5.41, 5.74) is 3.08. The Morgan fingerprint density at radius 3 is 2.45 bits per heavy atom. The molecule has 1 atom stereocenters. The molecule has 0 aromatic heterocycles. The molecule has 1 fully saturated rings. The standard InChI is InChI=1S/C33H39FN4O3S/c1-5-28(14-12-24(3)32(40)36-42-23-26-10-8-7-9-11-26)37-16-18-38(19-17-37)33(41)27-13-15-30(31(34)21-27)25(4)20-29(39)22-35-6-2/h5,7-15,20-22,25,39H,3,6,16-19,23H2,1-2,4H3,(H,36,40)/b14-12-,28-5+,29-20+,35-22?. The Morgan fingerprint density at radius 1 is 1.12 bits per heavy atom. The number of carbonyl (C=O) groups excluding carboxylic acids is 2. The van der Waals surface area contributed by atoms with Gasteiger partial charge in [0.15, 0.2) is 0 Å². The lowest BCUT2D eigenvalue weighted by Gasteiger charge is -2.36. The van der Waals surface area contributed by atoms with Gasteiger partial charge in [-0.3, -0.25) is 19.3 Å². The van der Waals surface area contributed by atoms with Crippen LogP contribution in [0.5, 0.6) is 0 Å². The van der Waals surface area contributed by atoms with E-state index in [1.165, 1.54) is 30.3 Å². The molecular weight excluding hydrogens is 551 g/mol. The highest BCUT2D eigenvalue weighted by Gasteiger charge is 2.24. The van der Waals surface area contributed by atoms with Crippen molar-refractivity contribution in [1.29, 1.82) is 0 Å². The van der Waals surface area contributed by atoms with Crippen LogP contribution in [0.4, 0.5) is 4.39 Å². The van der Waals surface area contributed by atoms with Crippen LogP contribution in [0.3, 0.4) is 0 Å². The van der Waals surface area contributed by atoms with Gasteiger partial charge < -0.3 is 14.9 Å². The van der Waals surface area contributed by atoms with Crippen LogP contribution in [0.1, 0.15) is 48.2 Å². The van der Waals surface area contributed by atoms with Gasteiger partial charge in [0.2, 0.25) is 0 Å². The number of nitrogens with zero attached hydrogens (tertiary/aromatic N) is 3. The summed E-state index contributed by atoms with van der Waals surface area (Å²) in [4.78, 5) is 33.4. The summed E-state index contributed by atoms with van der Waals surface area (Å²) in [5, 5.41) is 9.94. The molecule has 0 saturated carbocycles. The highest BCUT2D eigenvalue weighted by atomic mass is 32.2. The van der Waals surface area contributed by atoms with E-state index >= 15 is 0 Å². The Bertz CT molecular complexity index is 1360. The fourth-order valence-electron chi connectivity index (χ4n) is 4.42. The van der Waals surface area contributed by atoms with Crippen molar-refractivity contribution in [3.8, 4) is 0 Å². The van der Waals surface area contributed by atoms with Gasteiger partial charge in [-0.2, -0.15) is 0 Å². The summed E-state index contributed by atoms with van der Waals surface area (Å²) in [7, 11) is 0. The average molecular weight is 591 g/mol. The largest absolute Gasteiger partial charge is 0.507 e. The Labute approximate surface area is 252 Å². The van der Waals surface area contributed by atoms with Gasteiger partial charge in [-0.05, 0) is 67.3 Å². The topological polar surface area (TPSA) is 85.2 Å². The first-order valence-electron chi connectivity index (χ1n) is 14.0. The van der Waals surface area contributed by atoms with Crippen LogP contribution < -0.4 is 4.72 Å². The molecule has 1 aliphatic rings. The summed E-state index contributed by atoms with van der Waals surface area (Å²) >= 11 is 1.32. The number of aliphatic hydroxyl groups is 1. The van der Waals surface area contributed by atoms with E-state index in [-0.39, 0.29) is 29.1 Å². The van der Waals surface area contributed by atoms with Crippen molar-refractivity contribution in [3.05, 3.63) is 119 Å². The number of carbonyl (C=O) groups is 2. The highest BCUT2D eigenvalue weighted by molar-refractivity contribution is 7.97. The molecule has 1 saturated heterocycles. The third-order valence-corrected chi connectivity index (χ3v) is 7.59. The first-order valence-corrected chi connectivity index (χ1v) is 15.0. The first kappa shape index (κ1) is 32.4. The number of halogens is 1. The summed E-state index contributed by atoms with van der Waals surface area (Å²) < 4.78 is 17.7. The van der Waals surface area contributed by atoms with E-state index in [1.54, 1.807) is 30.0 Å². The van der Waals surface area contributed by atoms with Crippen LogP contribution in [0.15, 0.2) is 101 Å². The van der Waals surface area contributed by atoms with E-state index < -0.39 is 5.82 Å². The maximum Gasteiger partial charge on any atom is 0.260 e. The lowest BCUT2D eigenvalue weighted by Crippen LogP contribution is -2.48. The maximum atomic E-state index is 14.9. The molecular formula is C33H39FN4O3S. The molecule has 0 spiro atoms. The molecule has 222 valence electrons. The minimum atomic E-state index is -0.493. The zero-order chi connectivity index (χ0) is 30.5.